The lowest BCUT2D eigenvalue weighted by molar-refractivity contribution is 0.0691. The van der Waals surface area contributed by atoms with E-state index in [1.165, 1.54) is 35.7 Å². The molecule has 8 nitrogen and oxygen atoms in total. The molecular formula is C29H26F2N4O4S2. The summed E-state index contributed by atoms with van der Waals surface area (Å²) in [6.45, 7) is 0. The minimum absolute atomic E-state index is 0.0673. The van der Waals surface area contributed by atoms with Crippen molar-refractivity contribution in [1.82, 2.24) is 4.98 Å². The van der Waals surface area contributed by atoms with Crippen molar-refractivity contribution in [2.45, 2.75) is 49.0 Å². The van der Waals surface area contributed by atoms with Gasteiger partial charge in [0.1, 0.15) is 28.2 Å². The molecule has 1 heterocycles. The van der Waals surface area contributed by atoms with E-state index >= 15 is 0 Å². The molecule has 3 aromatic rings. The van der Waals surface area contributed by atoms with Crippen LogP contribution in [-0.2, 0) is 17.4 Å². The number of carbonyl (C=O) groups is 1. The van der Waals surface area contributed by atoms with E-state index in [1.807, 2.05) is 0 Å². The number of hydrogen-bond donors (Lipinski definition) is 4. The van der Waals surface area contributed by atoms with Crippen LogP contribution in [0, 0.1) is 29.4 Å². The Morgan fingerprint density at radius 1 is 1.20 bits per heavy atom. The van der Waals surface area contributed by atoms with Crippen LogP contribution in [0.25, 0.3) is 5.70 Å². The number of rotatable bonds is 9. The number of allylic oxidation sites excluding steroid dienone is 1. The maximum absolute atomic E-state index is 14.7. The van der Waals surface area contributed by atoms with Gasteiger partial charge in [0.15, 0.2) is 5.69 Å². The van der Waals surface area contributed by atoms with Gasteiger partial charge in [0, 0.05) is 28.8 Å². The highest BCUT2D eigenvalue weighted by atomic mass is 32.2. The van der Waals surface area contributed by atoms with E-state index in [-0.39, 0.29) is 33.4 Å². The van der Waals surface area contributed by atoms with Gasteiger partial charge in [-0.1, -0.05) is 17.9 Å². The molecule has 0 saturated heterocycles. The monoisotopic (exact) mass is 596 g/mol. The number of halogens is 2. The Hall–Kier alpha value is -3.76. The number of aromatic carboxylic acids is 1. The molecule has 1 unspecified atom stereocenters. The molecular weight excluding hydrogens is 570 g/mol. The number of nitrogens with zero attached hydrogens (tertiary/aromatic N) is 2. The molecule has 12 heteroatoms. The van der Waals surface area contributed by atoms with E-state index < -0.39 is 34.2 Å². The number of thiazole rings is 1. The lowest BCUT2D eigenvalue weighted by Crippen LogP contribution is -2.15. The summed E-state index contributed by atoms with van der Waals surface area (Å²) in [6.07, 6.45) is 3.65. The summed E-state index contributed by atoms with van der Waals surface area (Å²) in [5, 5.41) is 26.4. The summed E-state index contributed by atoms with van der Waals surface area (Å²) in [5.41, 5.74) is 7.84. The van der Waals surface area contributed by atoms with Crippen LogP contribution in [-0.4, -0.2) is 36.7 Å². The van der Waals surface area contributed by atoms with Crippen molar-refractivity contribution in [1.29, 1.82) is 0 Å². The van der Waals surface area contributed by atoms with Crippen LogP contribution in [0.15, 0.2) is 57.2 Å². The van der Waals surface area contributed by atoms with Crippen LogP contribution in [0.2, 0.25) is 0 Å². The summed E-state index contributed by atoms with van der Waals surface area (Å²) in [5.74, 6) is 3.27. The van der Waals surface area contributed by atoms with E-state index in [0.717, 1.165) is 24.2 Å². The molecule has 2 aromatic carbocycles. The van der Waals surface area contributed by atoms with Crippen LogP contribution in [0.5, 0.6) is 0 Å². The molecule has 1 atom stereocenters. The van der Waals surface area contributed by atoms with Crippen LogP contribution in [0.1, 0.15) is 59.3 Å². The van der Waals surface area contributed by atoms with Crippen molar-refractivity contribution in [3.63, 3.8) is 0 Å². The Morgan fingerprint density at radius 3 is 2.56 bits per heavy atom. The fourth-order valence-electron chi connectivity index (χ4n) is 4.13. The summed E-state index contributed by atoms with van der Waals surface area (Å²) in [4.78, 5) is 20.0. The minimum atomic E-state index is -2.00. The SMILES string of the molecule is N/C(=C(Cc1ccc(S(N)=O)c(F)c1)\C(CC1CC1)=N\c1nc(C(=O)O)cs1)c1ccc(F)c(C#CC2(O)CC2)c1. The number of benzene rings is 2. The summed E-state index contributed by atoms with van der Waals surface area (Å²) >= 11 is 1.07. The van der Waals surface area contributed by atoms with Crippen molar-refractivity contribution >= 4 is 44.8 Å². The number of aromatic nitrogens is 1. The highest BCUT2D eigenvalue weighted by Gasteiger charge is 2.38. The largest absolute Gasteiger partial charge is 0.476 e. The number of aliphatic imine (C=N–C) groups is 1. The second-order valence-electron chi connectivity index (χ2n) is 10.1. The Morgan fingerprint density at radius 2 is 1.95 bits per heavy atom. The minimum Gasteiger partial charge on any atom is -0.476 e. The summed E-state index contributed by atoms with van der Waals surface area (Å²) in [7, 11) is -2.00. The highest BCUT2D eigenvalue weighted by Crippen LogP contribution is 2.37. The number of carboxylic acids is 1. The molecule has 5 rings (SSSR count). The van der Waals surface area contributed by atoms with Gasteiger partial charge in [0.25, 0.3) is 0 Å². The lowest BCUT2D eigenvalue weighted by atomic mass is 9.92. The number of hydrogen-bond acceptors (Lipinski definition) is 7. The third kappa shape index (κ3) is 7.12. The van der Waals surface area contributed by atoms with Gasteiger partial charge in [-0.25, -0.2) is 32.9 Å². The maximum atomic E-state index is 14.7. The molecule has 0 radical (unpaired) electrons. The first-order valence-corrected chi connectivity index (χ1v) is 14.9. The van der Waals surface area contributed by atoms with Crippen molar-refractivity contribution in [2.75, 3.05) is 0 Å². The van der Waals surface area contributed by atoms with E-state index in [1.54, 1.807) is 6.07 Å². The van der Waals surface area contributed by atoms with E-state index in [0.29, 0.717) is 47.6 Å². The first kappa shape index (κ1) is 28.8. The molecule has 2 aliphatic rings. The van der Waals surface area contributed by atoms with Crippen LogP contribution >= 0.6 is 11.3 Å². The lowest BCUT2D eigenvalue weighted by Gasteiger charge is -2.16. The average molecular weight is 597 g/mol. The smallest absolute Gasteiger partial charge is 0.355 e. The molecule has 2 aliphatic carbocycles. The predicted molar refractivity (Wildman–Crippen MR) is 153 cm³/mol. The molecule has 41 heavy (non-hydrogen) atoms. The van der Waals surface area contributed by atoms with E-state index in [4.69, 9.17) is 15.9 Å². The molecule has 6 N–H and O–H groups in total. The standard InChI is InChI=1S/C29H26F2N4O4S2/c30-21-5-4-19(14-18(21)7-8-29(38)9-10-29)26(32)20(11-17-3-6-25(41(33)39)22(31)12-17)23(13-16-1-2-16)34-28-35-24(15-40-28)27(36)37/h3-6,12,14-16,38H,1-2,9-11,13,32-33H2,(H,36,37)/b26-20-,34-23+. The number of carboxylic acid groups (broad SMARTS) is 1. The second kappa shape index (κ2) is 11.6. The van der Waals surface area contributed by atoms with Crippen molar-refractivity contribution in [3.05, 3.63) is 81.4 Å². The zero-order chi connectivity index (χ0) is 29.3. The zero-order valence-corrected chi connectivity index (χ0v) is 23.3. The molecule has 1 aromatic heterocycles. The molecule has 0 bridgehead atoms. The molecule has 0 aliphatic heterocycles. The quantitative estimate of drug-likeness (QED) is 0.211. The highest BCUT2D eigenvalue weighted by molar-refractivity contribution is 7.82. The first-order chi connectivity index (χ1) is 19.5. The van der Waals surface area contributed by atoms with Crippen LogP contribution < -0.4 is 10.9 Å². The van der Waals surface area contributed by atoms with Gasteiger partial charge < -0.3 is 15.9 Å². The van der Waals surface area contributed by atoms with Gasteiger partial charge in [0.05, 0.1) is 10.5 Å². The Bertz CT molecular complexity index is 1680. The van der Waals surface area contributed by atoms with Gasteiger partial charge in [-0.3, -0.25) is 0 Å². The van der Waals surface area contributed by atoms with Gasteiger partial charge in [-0.2, -0.15) is 0 Å². The maximum Gasteiger partial charge on any atom is 0.355 e. The third-order valence-electron chi connectivity index (χ3n) is 6.82. The van der Waals surface area contributed by atoms with Gasteiger partial charge in [-0.15, -0.1) is 11.3 Å². The van der Waals surface area contributed by atoms with Gasteiger partial charge in [0.2, 0.25) is 5.13 Å². The van der Waals surface area contributed by atoms with Gasteiger partial charge in [-0.05, 0) is 79.5 Å². The molecule has 2 fully saturated rings. The number of nitrogens with two attached hydrogens (primary N) is 2. The van der Waals surface area contributed by atoms with E-state index in [9.17, 15) is 28.0 Å². The van der Waals surface area contributed by atoms with Crippen molar-refractivity contribution < 1.29 is 28.0 Å². The van der Waals surface area contributed by atoms with E-state index in [2.05, 4.69) is 16.8 Å². The Kier molecular flexibility index (Phi) is 8.15. The number of aliphatic hydroxyl groups is 1. The fourth-order valence-corrected chi connectivity index (χ4v) is 5.26. The van der Waals surface area contributed by atoms with Crippen LogP contribution in [0.4, 0.5) is 13.9 Å². The fraction of sp³-hybridized carbons (Fsp3) is 0.276. The summed E-state index contributed by atoms with van der Waals surface area (Å²) < 4.78 is 41.0. The molecule has 2 saturated carbocycles. The average Bonchev–Trinajstić information content (AvgIpc) is 3.84. The van der Waals surface area contributed by atoms with Crippen LogP contribution in [0.3, 0.4) is 0 Å². The third-order valence-corrected chi connectivity index (χ3v) is 8.32. The van der Waals surface area contributed by atoms with Gasteiger partial charge >= 0.3 is 5.97 Å². The normalized spacial score (nSPS) is 17.3. The summed E-state index contributed by atoms with van der Waals surface area (Å²) in [6, 6.07) is 8.40. The van der Waals surface area contributed by atoms with Crippen molar-refractivity contribution in [3.8, 4) is 11.8 Å². The molecule has 0 spiro atoms. The Balaban J connectivity index is 1.62. The van der Waals surface area contributed by atoms with Crippen molar-refractivity contribution in [2.24, 2.45) is 21.8 Å². The topological polar surface area (TPSA) is 152 Å². The molecule has 212 valence electrons. The Labute approximate surface area is 241 Å². The zero-order valence-electron chi connectivity index (χ0n) is 21.7. The molecule has 0 amide bonds. The predicted octanol–water partition coefficient (Wildman–Crippen LogP) is 4.46. The first-order valence-electron chi connectivity index (χ1n) is 12.8. The second-order valence-corrected chi connectivity index (χ2v) is 12.0.